The Hall–Kier alpha value is -1.30. The van der Waals surface area contributed by atoms with Gasteiger partial charge in [0.1, 0.15) is 29.7 Å². The van der Waals surface area contributed by atoms with Gasteiger partial charge in [0.25, 0.3) is 0 Å². The third-order valence-electron chi connectivity index (χ3n) is 12.2. The molecule has 18 atom stereocenters. The van der Waals surface area contributed by atoms with Crippen molar-refractivity contribution in [3.05, 3.63) is 0 Å². The van der Waals surface area contributed by atoms with E-state index in [1.807, 2.05) is 25.8 Å². The second kappa shape index (κ2) is 17.7. The lowest BCUT2D eigenvalue weighted by atomic mass is 9.74. The zero-order valence-electron chi connectivity index (χ0n) is 33.6. The number of hydrogen-bond donors (Lipinski definition) is 5. The van der Waals surface area contributed by atoms with Gasteiger partial charge in [-0.1, -0.05) is 34.6 Å². The fourth-order valence-corrected chi connectivity index (χ4v) is 8.57. The SMILES string of the molecule is CCC1OC(=O)C(C)C(OC2CC(C)(OC)C(O)C(C)O2)C(C)C(OC2OC(C)CC(N(C)CC)C2O)C(C)(O)CC(C)C(=O)C(C)C(O)C1(C)O. The number of carbonyl (C=O) groups excluding carboxylic acids is 2. The average Bonchev–Trinajstić information content (AvgIpc) is 3.08. The molecule has 3 aliphatic rings. The van der Waals surface area contributed by atoms with Gasteiger partial charge in [-0.05, 0) is 74.4 Å². The van der Waals surface area contributed by atoms with E-state index >= 15 is 0 Å². The van der Waals surface area contributed by atoms with E-state index in [0.29, 0.717) is 13.0 Å². The summed E-state index contributed by atoms with van der Waals surface area (Å²) < 4.78 is 37.2. The van der Waals surface area contributed by atoms with E-state index in [0.717, 1.165) is 0 Å². The van der Waals surface area contributed by atoms with Crippen LogP contribution >= 0.6 is 0 Å². The number of likely N-dealkylation sites (N-methyl/N-ethyl adjacent to an activating group) is 1. The Labute approximate surface area is 310 Å². The first-order valence-electron chi connectivity index (χ1n) is 19.1. The van der Waals surface area contributed by atoms with Crippen molar-refractivity contribution in [2.75, 3.05) is 20.7 Å². The predicted molar refractivity (Wildman–Crippen MR) is 191 cm³/mol. The molecule has 5 N–H and O–H groups in total. The van der Waals surface area contributed by atoms with Gasteiger partial charge >= 0.3 is 5.97 Å². The largest absolute Gasteiger partial charge is 0.459 e. The normalized spacial score (nSPS) is 49.0. The number of nitrogens with zero attached hydrogens (tertiary/aromatic N) is 1. The molecular weight excluding hydrogens is 678 g/mol. The molecule has 0 saturated carbocycles. The van der Waals surface area contributed by atoms with Crippen LogP contribution in [0.4, 0.5) is 0 Å². The van der Waals surface area contributed by atoms with Crippen LogP contribution in [0.25, 0.3) is 0 Å². The lowest BCUT2D eigenvalue weighted by Gasteiger charge is -2.49. The molecule has 0 bridgehead atoms. The van der Waals surface area contributed by atoms with Crippen molar-refractivity contribution in [2.24, 2.45) is 23.7 Å². The summed E-state index contributed by atoms with van der Waals surface area (Å²) in [5, 5.41) is 57.8. The highest BCUT2D eigenvalue weighted by Crippen LogP contribution is 2.40. The third-order valence-corrected chi connectivity index (χ3v) is 12.2. The number of Topliss-reactive ketones (excluding diaryl/α,β-unsaturated/α-hetero) is 1. The molecule has 3 aliphatic heterocycles. The van der Waals surface area contributed by atoms with E-state index in [9.17, 15) is 35.1 Å². The minimum Gasteiger partial charge on any atom is -0.459 e. The Morgan fingerprint density at radius 1 is 0.885 bits per heavy atom. The number of rotatable bonds is 8. The summed E-state index contributed by atoms with van der Waals surface area (Å²) in [5.41, 5.74) is -4.84. The Bertz CT molecular complexity index is 1190. The van der Waals surface area contributed by atoms with Gasteiger partial charge in [-0.15, -0.1) is 0 Å². The van der Waals surface area contributed by atoms with Crippen LogP contribution in [0, 0.1) is 23.7 Å². The molecule has 3 fully saturated rings. The number of cyclic esters (lactones) is 1. The second-order valence-corrected chi connectivity index (χ2v) is 16.6. The lowest BCUT2D eigenvalue weighted by Crippen LogP contribution is -2.61. The van der Waals surface area contributed by atoms with Crippen molar-refractivity contribution in [3.8, 4) is 0 Å². The second-order valence-electron chi connectivity index (χ2n) is 16.6. The number of carbonyl (C=O) groups is 2. The van der Waals surface area contributed by atoms with Crippen LogP contribution < -0.4 is 0 Å². The number of hydrogen-bond acceptors (Lipinski definition) is 14. The molecule has 0 aromatic rings. The molecule has 0 aromatic heterocycles. The zero-order chi connectivity index (χ0) is 39.7. The van der Waals surface area contributed by atoms with Gasteiger partial charge in [0, 0.05) is 37.3 Å². The van der Waals surface area contributed by atoms with E-state index in [1.165, 1.54) is 27.9 Å². The molecule has 3 rings (SSSR count). The molecule has 3 heterocycles. The minimum absolute atomic E-state index is 0.0941. The first kappa shape index (κ1) is 45.1. The summed E-state index contributed by atoms with van der Waals surface area (Å²) in [6.45, 7) is 19.0. The molecule has 0 radical (unpaired) electrons. The van der Waals surface area contributed by atoms with Gasteiger partial charge in [0.15, 0.2) is 12.6 Å². The Morgan fingerprint density at radius 3 is 2.06 bits per heavy atom. The Morgan fingerprint density at radius 2 is 1.50 bits per heavy atom. The summed E-state index contributed by atoms with van der Waals surface area (Å²) in [7, 11) is 3.39. The molecule has 0 aromatic carbocycles. The first-order valence-corrected chi connectivity index (χ1v) is 19.1. The number of ether oxygens (including phenoxy) is 6. The highest BCUT2D eigenvalue weighted by atomic mass is 16.7. The van der Waals surface area contributed by atoms with Crippen molar-refractivity contribution >= 4 is 11.8 Å². The summed E-state index contributed by atoms with van der Waals surface area (Å²) in [4.78, 5) is 30.0. The standard InChI is InChI=1S/C38H69NO13/c1-14-26-38(11,46)31(42)21(5)28(40)19(3)17-36(9,45)33(52-35-29(41)25(39(12)15-2)16-20(4)48-35)22(6)30(23(7)34(44)50-26)51-27-18-37(10,47-13)32(43)24(8)49-27/h19-27,29-33,35,41-43,45-46H,14-18H2,1-13H3. The van der Waals surface area contributed by atoms with Gasteiger partial charge < -0.3 is 58.9 Å². The quantitative estimate of drug-likeness (QED) is 0.227. The first-order chi connectivity index (χ1) is 24.0. The highest BCUT2D eigenvalue weighted by Gasteiger charge is 2.53. The Kier molecular flexibility index (Phi) is 15.3. The molecule has 14 heteroatoms. The van der Waals surface area contributed by atoms with Gasteiger partial charge in [-0.2, -0.15) is 0 Å². The lowest BCUT2D eigenvalue weighted by molar-refractivity contribution is -0.318. The average molecular weight is 748 g/mol. The van der Waals surface area contributed by atoms with Crippen molar-refractivity contribution in [1.29, 1.82) is 0 Å². The van der Waals surface area contributed by atoms with Crippen LogP contribution in [-0.4, -0.2) is 147 Å². The number of aliphatic hydroxyl groups excluding tert-OH is 3. The van der Waals surface area contributed by atoms with Crippen LogP contribution in [0.3, 0.4) is 0 Å². The van der Waals surface area contributed by atoms with E-state index in [1.54, 1.807) is 41.5 Å². The summed E-state index contributed by atoms with van der Waals surface area (Å²) >= 11 is 0. The number of esters is 1. The van der Waals surface area contributed by atoms with Crippen molar-refractivity contribution < 1.29 is 63.5 Å². The molecule has 14 nitrogen and oxygen atoms in total. The van der Waals surface area contributed by atoms with Crippen LogP contribution in [-0.2, 0) is 38.0 Å². The molecule has 18 unspecified atom stereocenters. The number of aliphatic hydroxyl groups is 5. The molecule has 304 valence electrons. The van der Waals surface area contributed by atoms with E-state index < -0.39 is 108 Å². The highest BCUT2D eigenvalue weighted by molar-refractivity contribution is 5.83. The maximum Gasteiger partial charge on any atom is 0.311 e. The summed E-state index contributed by atoms with van der Waals surface area (Å²) in [6.07, 6.45) is -9.69. The molecule has 0 amide bonds. The van der Waals surface area contributed by atoms with Gasteiger partial charge in [0.05, 0.1) is 47.6 Å². The Balaban J connectivity index is 2.19. The maximum atomic E-state index is 14.1. The van der Waals surface area contributed by atoms with Crippen molar-refractivity contribution in [1.82, 2.24) is 4.90 Å². The molecule has 0 aliphatic carbocycles. The van der Waals surface area contributed by atoms with Crippen LogP contribution in [0.1, 0.15) is 102 Å². The zero-order valence-corrected chi connectivity index (χ0v) is 33.6. The minimum atomic E-state index is -2.00. The number of methoxy groups -OCH3 is 1. The van der Waals surface area contributed by atoms with E-state index in [2.05, 4.69) is 0 Å². The predicted octanol–water partition coefficient (Wildman–Crippen LogP) is 2.18. The third kappa shape index (κ3) is 9.55. The fraction of sp³-hybridized carbons (Fsp3) is 0.947. The van der Waals surface area contributed by atoms with Gasteiger partial charge in [-0.3, -0.25) is 9.59 Å². The fourth-order valence-electron chi connectivity index (χ4n) is 8.57. The summed E-state index contributed by atoms with van der Waals surface area (Å²) in [6, 6.07) is -0.310. The van der Waals surface area contributed by atoms with Gasteiger partial charge in [0.2, 0.25) is 0 Å². The van der Waals surface area contributed by atoms with Crippen LogP contribution in [0.15, 0.2) is 0 Å². The van der Waals surface area contributed by atoms with Gasteiger partial charge in [-0.25, -0.2) is 0 Å². The molecule has 52 heavy (non-hydrogen) atoms. The molecule has 3 saturated heterocycles. The van der Waals surface area contributed by atoms with Crippen molar-refractivity contribution in [3.63, 3.8) is 0 Å². The molecular formula is C38H69NO13. The number of ketones is 1. The smallest absolute Gasteiger partial charge is 0.311 e. The van der Waals surface area contributed by atoms with Crippen LogP contribution in [0.2, 0.25) is 0 Å². The summed E-state index contributed by atoms with van der Waals surface area (Å²) in [5.74, 6) is -4.98. The maximum absolute atomic E-state index is 14.1. The van der Waals surface area contributed by atoms with E-state index in [4.69, 9.17) is 28.4 Å². The van der Waals surface area contributed by atoms with Crippen LogP contribution in [0.5, 0.6) is 0 Å². The topological polar surface area (TPSA) is 194 Å². The van der Waals surface area contributed by atoms with Crippen molar-refractivity contribution in [2.45, 2.75) is 186 Å². The monoisotopic (exact) mass is 747 g/mol. The van der Waals surface area contributed by atoms with E-state index in [-0.39, 0.29) is 31.4 Å². The molecule has 0 spiro atoms.